The Morgan fingerprint density at radius 1 is 1.37 bits per heavy atom. The molecule has 19 heavy (non-hydrogen) atoms. The summed E-state index contributed by atoms with van der Waals surface area (Å²) in [6.07, 6.45) is 1.79. The van der Waals surface area contributed by atoms with E-state index in [1.54, 1.807) is 0 Å². The van der Waals surface area contributed by atoms with Gasteiger partial charge in [-0.3, -0.25) is 16.0 Å². The van der Waals surface area contributed by atoms with Gasteiger partial charge in [-0.2, -0.15) is 5.10 Å². The van der Waals surface area contributed by atoms with Gasteiger partial charge in [0.15, 0.2) is 0 Å². The number of benzene rings is 1. The first kappa shape index (κ1) is 13.8. The predicted octanol–water partition coefficient (Wildman–Crippen LogP) is 2.04. The fraction of sp³-hybridized carbons (Fsp3) is 0.400. The number of nitrogens with zero attached hydrogens (tertiary/aromatic N) is 2. The van der Waals surface area contributed by atoms with Crippen LogP contribution in [0.15, 0.2) is 30.3 Å². The zero-order valence-electron chi connectivity index (χ0n) is 11.9. The Bertz CT molecular complexity index is 545. The van der Waals surface area contributed by atoms with E-state index in [2.05, 4.69) is 54.7 Å². The molecule has 1 unspecified atom stereocenters. The number of nitrogens with two attached hydrogens (primary N) is 1. The van der Waals surface area contributed by atoms with Gasteiger partial charge < -0.3 is 0 Å². The molecule has 1 atom stereocenters. The van der Waals surface area contributed by atoms with Crippen LogP contribution >= 0.6 is 0 Å². The lowest BCUT2D eigenvalue weighted by atomic mass is 10.0. The first-order valence-corrected chi connectivity index (χ1v) is 6.68. The van der Waals surface area contributed by atoms with Crippen molar-refractivity contribution in [1.29, 1.82) is 0 Å². The lowest BCUT2D eigenvalue weighted by Crippen LogP contribution is -2.30. The molecule has 0 radical (unpaired) electrons. The molecule has 0 bridgehead atoms. The Balaban J connectivity index is 2.21. The summed E-state index contributed by atoms with van der Waals surface area (Å²) in [5.74, 6) is 5.71. The Morgan fingerprint density at radius 3 is 2.74 bits per heavy atom. The summed E-state index contributed by atoms with van der Waals surface area (Å²) in [4.78, 5) is 0. The zero-order chi connectivity index (χ0) is 13.8. The number of rotatable bonds is 5. The van der Waals surface area contributed by atoms with E-state index >= 15 is 0 Å². The van der Waals surface area contributed by atoms with Crippen molar-refractivity contribution in [2.75, 3.05) is 0 Å². The van der Waals surface area contributed by atoms with Crippen LogP contribution in [0.1, 0.15) is 35.5 Å². The quantitative estimate of drug-likeness (QED) is 0.637. The molecule has 2 rings (SSSR count). The summed E-state index contributed by atoms with van der Waals surface area (Å²) in [6, 6.07) is 10.7. The summed E-state index contributed by atoms with van der Waals surface area (Å²) < 4.78 is 1.94. The standard InChI is InChI=1S/C15H22N4/c1-4-13-9-14(19(3)18-13)10-15(17-16)12-7-5-6-11(2)8-12/h5-9,15,17H,4,10,16H2,1-3H3. The molecule has 1 aromatic heterocycles. The summed E-state index contributed by atoms with van der Waals surface area (Å²) in [5.41, 5.74) is 7.68. The van der Waals surface area contributed by atoms with E-state index in [-0.39, 0.29) is 6.04 Å². The maximum atomic E-state index is 5.71. The molecule has 3 N–H and O–H groups in total. The van der Waals surface area contributed by atoms with Gasteiger partial charge in [0.1, 0.15) is 0 Å². The van der Waals surface area contributed by atoms with Crippen LogP contribution in [0.4, 0.5) is 0 Å². The van der Waals surface area contributed by atoms with Gasteiger partial charge in [0, 0.05) is 19.2 Å². The van der Waals surface area contributed by atoms with E-state index in [9.17, 15) is 0 Å². The Morgan fingerprint density at radius 2 is 2.16 bits per heavy atom. The number of hydrogen-bond acceptors (Lipinski definition) is 3. The number of aromatic nitrogens is 2. The largest absolute Gasteiger partial charge is 0.272 e. The van der Waals surface area contributed by atoms with Crippen LogP contribution in [0, 0.1) is 6.92 Å². The minimum absolute atomic E-state index is 0.111. The maximum absolute atomic E-state index is 5.71. The van der Waals surface area contributed by atoms with Crippen molar-refractivity contribution >= 4 is 0 Å². The molecule has 1 heterocycles. The zero-order valence-corrected chi connectivity index (χ0v) is 11.9. The minimum Gasteiger partial charge on any atom is -0.272 e. The molecule has 0 fully saturated rings. The highest BCUT2D eigenvalue weighted by Gasteiger charge is 2.14. The highest BCUT2D eigenvalue weighted by molar-refractivity contribution is 5.26. The van der Waals surface area contributed by atoms with Gasteiger partial charge in [0.25, 0.3) is 0 Å². The van der Waals surface area contributed by atoms with Gasteiger partial charge in [-0.05, 0) is 25.0 Å². The fourth-order valence-electron chi connectivity index (χ4n) is 2.30. The van der Waals surface area contributed by atoms with Crippen LogP contribution in [0.3, 0.4) is 0 Å². The van der Waals surface area contributed by atoms with Crippen molar-refractivity contribution in [3.8, 4) is 0 Å². The molecule has 2 aromatic rings. The molecule has 0 aliphatic heterocycles. The van der Waals surface area contributed by atoms with Gasteiger partial charge in [-0.1, -0.05) is 36.8 Å². The Kier molecular flexibility index (Phi) is 4.35. The van der Waals surface area contributed by atoms with Gasteiger partial charge in [0.05, 0.1) is 11.7 Å². The predicted molar refractivity (Wildman–Crippen MR) is 77.5 cm³/mol. The number of nitrogens with one attached hydrogen (secondary N) is 1. The third-order valence-corrected chi connectivity index (χ3v) is 3.45. The second-order valence-electron chi connectivity index (χ2n) is 4.94. The van der Waals surface area contributed by atoms with Gasteiger partial charge >= 0.3 is 0 Å². The average Bonchev–Trinajstić information content (AvgIpc) is 2.76. The molecule has 0 aliphatic rings. The fourth-order valence-corrected chi connectivity index (χ4v) is 2.30. The van der Waals surface area contributed by atoms with Gasteiger partial charge in [-0.25, -0.2) is 0 Å². The van der Waals surface area contributed by atoms with Crippen molar-refractivity contribution in [3.63, 3.8) is 0 Å². The van der Waals surface area contributed by atoms with E-state index in [0.29, 0.717) is 0 Å². The molecule has 0 spiro atoms. The molecule has 1 aromatic carbocycles. The summed E-state index contributed by atoms with van der Waals surface area (Å²) in [6.45, 7) is 4.21. The molecule has 0 aliphatic carbocycles. The molecular formula is C15H22N4. The monoisotopic (exact) mass is 258 g/mol. The average molecular weight is 258 g/mol. The van der Waals surface area contributed by atoms with E-state index in [0.717, 1.165) is 18.5 Å². The summed E-state index contributed by atoms with van der Waals surface area (Å²) >= 11 is 0. The number of aryl methyl sites for hydroxylation is 3. The second-order valence-corrected chi connectivity index (χ2v) is 4.94. The molecular weight excluding hydrogens is 236 g/mol. The van der Waals surface area contributed by atoms with Crippen LogP contribution in [0.25, 0.3) is 0 Å². The Labute approximate surface area is 114 Å². The van der Waals surface area contributed by atoms with Crippen molar-refractivity contribution in [2.24, 2.45) is 12.9 Å². The SMILES string of the molecule is CCc1cc(CC(NN)c2cccc(C)c2)n(C)n1. The molecule has 4 nitrogen and oxygen atoms in total. The van der Waals surface area contributed by atoms with E-state index in [1.165, 1.54) is 16.8 Å². The van der Waals surface area contributed by atoms with E-state index in [4.69, 9.17) is 5.84 Å². The normalized spacial score (nSPS) is 12.6. The van der Waals surface area contributed by atoms with E-state index in [1.807, 2.05) is 11.7 Å². The second kappa shape index (κ2) is 5.99. The van der Waals surface area contributed by atoms with Crippen molar-refractivity contribution in [3.05, 3.63) is 52.8 Å². The highest BCUT2D eigenvalue weighted by Crippen LogP contribution is 2.19. The Hall–Kier alpha value is -1.65. The number of hydrogen-bond donors (Lipinski definition) is 2. The molecule has 0 saturated heterocycles. The van der Waals surface area contributed by atoms with Crippen LogP contribution < -0.4 is 11.3 Å². The first-order chi connectivity index (χ1) is 9.13. The van der Waals surface area contributed by atoms with Crippen molar-refractivity contribution in [1.82, 2.24) is 15.2 Å². The van der Waals surface area contributed by atoms with Gasteiger partial charge in [-0.15, -0.1) is 0 Å². The molecule has 4 heteroatoms. The maximum Gasteiger partial charge on any atom is 0.0624 e. The summed E-state index contributed by atoms with van der Waals surface area (Å²) in [7, 11) is 1.98. The van der Waals surface area contributed by atoms with Crippen LogP contribution in [0.5, 0.6) is 0 Å². The van der Waals surface area contributed by atoms with Crippen molar-refractivity contribution < 1.29 is 0 Å². The topological polar surface area (TPSA) is 55.9 Å². The lowest BCUT2D eigenvalue weighted by Gasteiger charge is -2.16. The smallest absolute Gasteiger partial charge is 0.0624 e. The van der Waals surface area contributed by atoms with Crippen LogP contribution in [-0.2, 0) is 19.9 Å². The van der Waals surface area contributed by atoms with Crippen molar-refractivity contribution in [2.45, 2.75) is 32.7 Å². The molecule has 102 valence electrons. The van der Waals surface area contributed by atoms with E-state index < -0.39 is 0 Å². The molecule has 0 amide bonds. The van der Waals surface area contributed by atoms with Crippen LogP contribution in [-0.4, -0.2) is 9.78 Å². The highest BCUT2D eigenvalue weighted by atomic mass is 15.3. The number of hydrazine groups is 1. The third-order valence-electron chi connectivity index (χ3n) is 3.45. The minimum atomic E-state index is 0.111. The lowest BCUT2D eigenvalue weighted by molar-refractivity contribution is 0.529. The molecule has 0 saturated carbocycles. The van der Waals surface area contributed by atoms with Crippen LogP contribution in [0.2, 0.25) is 0 Å². The first-order valence-electron chi connectivity index (χ1n) is 6.68. The van der Waals surface area contributed by atoms with Gasteiger partial charge in [0.2, 0.25) is 0 Å². The third kappa shape index (κ3) is 3.22. The summed E-state index contributed by atoms with van der Waals surface area (Å²) in [5, 5.41) is 4.48.